The molecule has 1 aromatic carbocycles. The first-order chi connectivity index (χ1) is 8.58. The molecule has 2 aromatic rings. The lowest BCUT2D eigenvalue weighted by Crippen LogP contribution is -2.07. The van der Waals surface area contributed by atoms with E-state index < -0.39 is 5.82 Å². The van der Waals surface area contributed by atoms with Crippen molar-refractivity contribution in [1.82, 2.24) is 4.98 Å². The smallest absolute Gasteiger partial charge is 0.169 e. The highest BCUT2D eigenvalue weighted by Gasteiger charge is 2.12. The lowest BCUT2D eigenvalue weighted by Gasteiger charge is -2.05. The summed E-state index contributed by atoms with van der Waals surface area (Å²) in [6.45, 7) is 1.83. The predicted octanol–water partition coefficient (Wildman–Crippen LogP) is 3.61. The SMILES string of the molecule is Cc1ccncc1C(=O)Cc1ccc(Cl)cc1F. The summed E-state index contributed by atoms with van der Waals surface area (Å²) < 4.78 is 13.6. The summed E-state index contributed by atoms with van der Waals surface area (Å²) >= 11 is 5.66. The lowest BCUT2D eigenvalue weighted by molar-refractivity contribution is 0.0991. The Morgan fingerprint density at radius 2 is 2.17 bits per heavy atom. The molecule has 2 nitrogen and oxygen atoms in total. The molecule has 0 N–H and O–H groups in total. The van der Waals surface area contributed by atoms with Crippen LogP contribution in [-0.2, 0) is 6.42 Å². The Balaban J connectivity index is 2.24. The van der Waals surface area contributed by atoms with Crippen molar-refractivity contribution in [2.24, 2.45) is 0 Å². The minimum absolute atomic E-state index is 0.00946. The first-order valence-electron chi connectivity index (χ1n) is 5.45. The fourth-order valence-electron chi connectivity index (χ4n) is 1.69. The van der Waals surface area contributed by atoms with Crippen molar-refractivity contribution >= 4 is 17.4 Å². The largest absolute Gasteiger partial charge is 0.294 e. The van der Waals surface area contributed by atoms with Gasteiger partial charge in [-0.05, 0) is 36.2 Å². The molecule has 0 unspecified atom stereocenters. The topological polar surface area (TPSA) is 30.0 Å². The number of nitrogens with zero attached hydrogens (tertiary/aromatic N) is 1. The number of halogens is 2. The van der Waals surface area contributed by atoms with Gasteiger partial charge in [0.2, 0.25) is 0 Å². The molecule has 2 rings (SSSR count). The second-order valence-corrected chi connectivity index (χ2v) is 4.46. The number of carbonyl (C=O) groups is 1. The summed E-state index contributed by atoms with van der Waals surface area (Å²) in [5, 5.41) is 0.321. The molecule has 0 aliphatic carbocycles. The molecule has 0 amide bonds. The number of hydrogen-bond acceptors (Lipinski definition) is 2. The van der Waals surface area contributed by atoms with Crippen LogP contribution in [0.25, 0.3) is 0 Å². The van der Waals surface area contributed by atoms with Crippen LogP contribution in [0.2, 0.25) is 5.02 Å². The van der Waals surface area contributed by atoms with Crippen molar-refractivity contribution in [3.8, 4) is 0 Å². The Morgan fingerprint density at radius 1 is 1.39 bits per heavy atom. The Labute approximate surface area is 109 Å². The maximum absolute atomic E-state index is 13.6. The minimum atomic E-state index is -0.461. The highest BCUT2D eigenvalue weighted by Crippen LogP contribution is 2.17. The first kappa shape index (κ1) is 12.7. The highest BCUT2D eigenvalue weighted by atomic mass is 35.5. The Hall–Kier alpha value is -1.74. The summed E-state index contributed by atoms with van der Waals surface area (Å²) in [5.74, 6) is -0.612. The third-order valence-electron chi connectivity index (χ3n) is 2.71. The van der Waals surface area contributed by atoms with Gasteiger partial charge in [-0.1, -0.05) is 17.7 Å². The van der Waals surface area contributed by atoms with E-state index in [1.165, 1.54) is 18.3 Å². The van der Waals surface area contributed by atoms with Crippen molar-refractivity contribution in [3.63, 3.8) is 0 Å². The summed E-state index contributed by atoms with van der Waals surface area (Å²) in [6, 6.07) is 6.07. The van der Waals surface area contributed by atoms with Gasteiger partial charge in [-0.3, -0.25) is 9.78 Å². The quantitative estimate of drug-likeness (QED) is 0.792. The van der Waals surface area contributed by atoms with Gasteiger partial charge in [-0.2, -0.15) is 0 Å². The van der Waals surface area contributed by atoms with Crippen LogP contribution in [0.1, 0.15) is 21.5 Å². The van der Waals surface area contributed by atoms with Gasteiger partial charge in [0, 0.05) is 29.4 Å². The second kappa shape index (κ2) is 5.27. The van der Waals surface area contributed by atoms with Crippen LogP contribution in [0.5, 0.6) is 0 Å². The van der Waals surface area contributed by atoms with Gasteiger partial charge >= 0.3 is 0 Å². The lowest BCUT2D eigenvalue weighted by atomic mass is 10.0. The van der Waals surface area contributed by atoms with E-state index in [0.29, 0.717) is 16.1 Å². The molecule has 0 atom stereocenters. The molecule has 0 fully saturated rings. The van der Waals surface area contributed by atoms with Crippen molar-refractivity contribution < 1.29 is 9.18 Å². The van der Waals surface area contributed by atoms with Gasteiger partial charge in [0.15, 0.2) is 5.78 Å². The van der Waals surface area contributed by atoms with E-state index in [9.17, 15) is 9.18 Å². The Bertz CT molecular complexity index is 598. The van der Waals surface area contributed by atoms with Gasteiger partial charge in [-0.25, -0.2) is 4.39 Å². The molecule has 0 radical (unpaired) electrons. The van der Waals surface area contributed by atoms with Crippen LogP contribution >= 0.6 is 11.6 Å². The maximum atomic E-state index is 13.6. The van der Waals surface area contributed by atoms with E-state index in [4.69, 9.17) is 11.6 Å². The number of benzene rings is 1. The van der Waals surface area contributed by atoms with Crippen molar-refractivity contribution in [2.75, 3.05) is 0 Å². The third-order valence-corrected chi connectivity index (χ3v) is 2.94. The second-order valence-electron chi connectivity index (χ2n) is 4.03. The van der Waals surface area contributed by atoms with E-state index in [0.717, 1.165) is 5.56 Å². The van der Waals surface area contributed by atoms with Gasteiger partial charge < -0.3 is 0 Å². The first-order valence-corrected chi connectivity index (χ1v) is 5.83. The van der Waals surface area contributed by atoms with Crippen LogP contribution in [0.15, 0.2) is 36.7 Å². The zero-order chi connectivity index (χ0) is 13.1. The van der Waals surface area contributed by atoms with Crippen LogP contribution in [-0.4, -0.2) is 10.8 Å². The Morgan fingerprint density at radius 3 is 2.83 bits per heavy atom. The molecule has 0 spiro atoms. The molecular formula is C14H11ClFNO. The number of ketones is 1. The van der Waals surface area contributed by atoms with E-state index in [-0.39, 0.29) is 12.2 Å². The summed E-state index contributed by atoms with van der Waals surface area (Å²) in [6.07, 6.45) is 3.13. The molecule has 92 valence electrons. The van der Waals surface area contributed by atoms with Gasteiger partial charge in [-0.15, -0.1) is 0 Å². The molecule has 0 saturated carbocycles. The van der Waals surface area contributed by atoms with E-state index >= 15 is 0 Å². The Kier molecular flexibility index (Phi) is 3.72. The van der Waals surface area contributed by atoms with Gasteiger partial charge in [0.25, 0.3) is 0 Å². The highest BCUT2D eigenvalue weighted by molar-refractivity contribution is 6.30. The predicted molar refractivity (Wildman–Crippen MR) is 68.4 cm³/mol. The average molecular weight is 264 g/mol. The number of Topliss-reactive ketones (excluding diaryl/α,β-unsaturated/α-hetero) is 1. The maximum Gasteiger partial charge on any atom is 0.169 e. The molecule has 0 aliphatic heterocycles. The molecule has 0 bridgehead atoms. The molecular weight excluding hydrogens is 253 g/mol. The van der Waals surface area contributed by atoms with E-state index in [2.05, 4.69) is 4.98 Å². The monoisotopic (exact) mass is 263 g/mol. The van der Waals surface area contributed by atoms with E-state index in [1.54, 1.807) is 18.3 Å². The zero-order valence-electron chi connectivity index (χ0n) is 9.78. The van der Waals surface area contributed by atoms with Crippen LogP contribution in [0, 0.1) is 12.7 Å². The number of carbonyl (C=O) groups excluding carboxylic acids is 1. The molecule has 4 heteroatoms. The number of aromatic nitrogens is 1. The van der Waals surface area contributed by atoms with Gasteiger partial charge in [0.1, 0.15) is 5.82 Å². The van der Waals surface area contributed by atoms with Crippen LogP contribution < -0.4 is 0 Å². The molecule has 0 saturated heterocycles. The van der Waals surface area contributed by atoms with Crippen molar-refractivity contribution in [2.45, 2.75) is 13.3 Å². The molecule has 1 aromatic heterocycles. The van der Waals surface area contributed by atoms with Gasteiger partial charge in [0.05, 0.1) is 0 Å². The number of hydrogen-bond donors (Lipinski definition) is 0. The average Bonchev–Trinajstić information content (AvgIpc) is 2.33. The van der Waals surface area contributed by atoms with E-state index in [1.807, 2.05) is 6.92 Å². The fraction of sp³-hybridized carbons (Fsp3) is 0.143. The van der Waals surface area contributed by atoms with Crippen molar-refractivity contribution in [3.05, 3.63) is 64.2 Å². The molecule has 0 aliphatic rings. The summed E-state index contributed by atoms with van der Waals surface area (Å²) in [4.78, 5) is 15.9. The summed E-state index contributed by atoms with van der Waals surface area (Å²) in [7, 11) is 0. The third kappa shape index (κ3) is 2.74. The van der Waals surface area contributed by atoms with Crippen molar-refractivity contribution in [1.29, 1.82) is 0 Å². The normalized spacial score (nSPS) is 10.4. The number of aryl methyl sites for hydroxylation is 1. The molecule has 18 heavy (non-hydrogen) atoms. The number of pyridine rings is 1. The fourth-order valence-corrected chi connectivity index (χ4v) is 1.85. The van der Waals surface area contributed by atoms with Crippen LogP contribution in [0.4, 0.5) is 4.39 Å². The minimum Gasteiger partial charge on any atom is -0.294 e. The standard InChI is InChI=1S/C14H11ClFNO/c1-9-4-5-17-8-12(9)14(18)6-10-2-3-11(15)7-13(10)16/h2-5,7-8H,6H2,1H3. The number of rotatable bonds is 3. The summed E-state index contributed by atoms with van der Waals surface area (Å²) in [5.41, 5.74) is 1.70. The molecule has 1 heterocycles. The zero-order valence-corrected chi connectivity index (χ0v) is 10.5. The van der Waals surface area contributed by atoms with Crippen LogP contribution in [0.3, 0.4) is 0 Å².